The van der Waals surface area contributed by atoms with Crippen molar-refractivity contribution in [2.24, 2.45) is 5.92 Å². The molecule has 0 bridgehead atoms. The first-order chi connectivity index (χ1) is 8.13. The van der Waals surface area contributed by atoms with Crippen molar-refractivity contribution in [1.82, 2.24) is 5.32 Å². The Bertz CT molecular complexity index is 370. The summed E-state index contributed by atoms with van der Waals surface area (Å²) in [6.45, 7) is 6.12. The lowest BCUT2D eigenvalue weighted by Gasteiger charge is -2.38. The fraction of sp³-hybridized carbons (Fsp3) is 0.571. The molecule has 0 saturated carbocycles. The normalized spacial score (nSPS) is 29.0. The molecule has 1 aliphatic rings. The van der Waals surface area contributed by atoms with Crippen LogP contribution in [0.15, 0.2) is 24.3 Å². The van der Waals surface area contributed by atoms with E-state index in [1.165, 1.54) is 5.56 Å². The van der Waals surface area contributed by atoms with Crippen molar-refractivity contribution in [2.75, 3.05) is 20.3 Å². The Hall–Kier alpha value is -1.06. The van der Waals surface area contributed by atoms with Crippen molar-refractivity contribution < 1.29 is 9.47 Å². The highest BCUT2D eigenvalue weighted by Crippen LogP contribution is 2.25. The first-order valence-electron chi connectivity index (χ1n) is 6.14. The number of ether oxygens (including phenoxy) is 2. The van der Waals surface area contributed by atoms with E-state index in [9.17, 15) is 0 Å². The number of para-hydroxylation sites is 1. The topological polar surface area (TPSA) is 30.5 Å². The molecule has 1 aliphatic heterocycles. The van der Waals surface area contributed by atoms with Gasteiger partial charge in [0.05, 0.1) is 13.7 Å². The molecule has 2 rings (SSSR count). The van der Waals surface area contributed by atoms with Gasteiger partial charge in [0, 0.05) is 13.0 Å². The van der Waals surface area contributed by atoms with Crippen LogP contribution in [0.25, 0.3) is 0 Å². The average Bonchev–Trinajstić information content (AvgIpc) is 2.34. The maximum atomic E-state index is 5.91. The van der Waals surface area contributed by atoms with E-state index in [2.05, 4.69) is 25.2 Å². The van der Waals surface area contributed by atoms with Crippen LogP contribution in [0, 0.1) is 5.92 Å². The largest absolute Gasteiger partial charge is 0.496 e. The van der Waals surface area contributed by atoms with Crippen molar-refractivity contribution in [3.05, 3.63) is 29.8 Å². The van der Waals surface area contributed by atoms with Crippen LogP contribution >= 0.6 is 0 Å². The minimum absolute atomic E-state index is 0.277. The Kier molecular flexibility index (Phi) is 3.69. The first-order valence-corrected chi connectivity index (χ1v) is 6.14. The van der Waals surface area contributed by atoms with Crippen molar-refractivity contribution >= 4 is 0 Å². The van der Waals surface area contributed by atoms with Gasteiger partial charge in [-0.1, -0.05) is 25.1 Å². The smallest absolute Gasteiger partial charge is 0.122 e. The van der Waals surface area contributed by atoms with Crippen LogP contribution in [0.2, 0.25) is 0 Å². The average molecular weight is 235 g/mol. The van der Waals surface area contributed by atoms with Crippen molar-refractivity contribution in [3.8, 4) is 5.75 Å². The lowest BCUT2D eigenvalue weighted by Crippen LogP contribution is -2.53. The van der Waals surface area contributed by atoms with Crippen LogP contribution in [0.4, 0.5) is 0 Å². The third-order valence-corrected chi connectivity index (χ3v) is 3.23. The molecule has 3 nitrogen and oxygen atoms in total. The summed E-state index contributed by atoms with van der Waals surface area (Å²) >= 11 is 0. The Morgan fingerprint density at radius 2 is 2.24 bits per heavy atom. The van der Waals surface area contributed by atoms with Gasteiger partial charge in [-0.15, -0.1) is 0 Å². The lowest BCUT2D eigenvalue weighted by molar-refractivity contribution is -0.0999. The van der Waals surface area contributed by atoms with Crippen LogP contribution in [-0.4, -0.2) is 26.0 Å². The van der Waals surface area contributed by atoms with Crippen LogP contribution in [0.1, 0.15) is 19.4 Å². The van der Waals surface area contributed by atoms with Gasteiger partial charge in [0.25, 0.3) is 0 Å². The zero-order chi connectivity index (χ0) is 12.3. The number of rotatable bonds is 3. The Morgan fingerprint density at radius 3 is 2.88 bits per heavy atom. The van der Waals surface area contributed by atoms with E-state index in [4.69, 9.17) is 9.47 Å². The van der Waals surface area contributed by atoms with Crippen LogP contribution in [0.5, 0.6) is 5.75 Å². The number of nitrogens with one attached hydrogen (secondary N) is 1. The molecule has 0 radical (unpaired) electrons. The maximum absolute atomic E-state index is 5.91. The van der Waals surface area contributed by atoms with Crippen molar-refractivity contribution in [2.45, 2.75) is 26.0 Å². The second-order valence-electron chi connectivity index (χ2n) is 5.02. The summed E-state index contributed by atoms with van der Waals surface area (Å²) in [7, 11) is 1.71. The van der Waals surface area contributed by atoms with E-state index in [0.29, 0.717) is 5.92 Å². The molecular weight excluding hydrogens is 214 g/mol. The number of hydrogen-bond donors (Lipinski definition) is 1. The molecule has 1 N–H and O–H groups in total. The van der Waals surface area contributed by atoms with Gasteiger partial charge in [0.15, 0.2) is 0 Å². The molecule has 0 amide bonds. The zero-order valence-electron chi connectivity index (χ0n) is 10.8. The van der Waals surface area contributed by atoms with Gasteiger partial charge in [-0.3, -0.25) is 5.32 Å². The van der Waals surface area contributed by atoms with Crippen molar-refractivity contribution in [3.63, 3.8) is 0 Å². The predicted octanol–water partition coefficient (Wildman–Crippen LogP) is 2.21. The van der Waals surface area contributed by atoms with Gasteiger partial charge in [-0.05, 0) is 24.5 Å². The first kappa shape index (κ1) is 12.4. The van der Waals surface area contributed by atoms with E-state index < -0.39 is 0 Å². The molecule has 1 saturated heterocycles. The zero-order valence-corrected chi connectivity index (χ0v) is 10.8. The summed E-state index contributed by atoms with van der Waals surface area (Å²) in [6.07, 6.45) is 0.823. The van der Waals surface area contributed by atoms with Gasteiger partial charge in [0.2, 0.25) is 0 Å². The Morgan fingerprint density at radius 1 is 1.47 bits per heavy atom. The molecule has 0 spiro atoms. The van der Waals surface area contributed by atoms with E-state index >= 15 is 0 Å². The fourth-order valence-electron chi connectivity index (χ4n) is 2.15. The standard InChI is InChI=1S/C14H21NO2/c1-11-9-15-14(2,17-10-11)8-12-6-4-5-7-13(12)16-3/h4-7,11,15H,8-10H2,1-3H3. The van der Waals surface area contributed by atoms with E-state index in [1.54, 1.807) is 7.11 Å². The van der Waals surface area contributed by atoms with Gasteiger partial charge < -0.3 is 9.47 Å². The maximum Gasteiger partial charge on any atom is 0.122 e. The summed E-state index contributed by atoms with van der Waals surface area (Å²) in [4.78, 5) is 0. The fourth-order valence-corrected chi connectivity index (χ4v) is 2.15. The lowest BCUT2D eigenvalue weighted by atomic mass is 10.00. The van der Waals surface area contributed by atoms with Gasteiger partial charge in [-0.2, -0.15) is 0 Å². The molecule has 0 aliphatic carbocycles. The third kappa shape index (κ3) is 2.99. The predicted molar refractivity (Wildman–Crippen MR) is 68.2 cm³/mol. The van der Waals surface area contributed by atoms with Gasteiger partial charge in [-0.25, -0.2) is 0 Å². The number of hydrogen-bond acceptors (Lipinski definition) is 3. The Labute approximate surface area is 103 Å². The van der Waals surface area contributed by atoms with Crippen LogP contribution in [0.3, 0.4) is 0 Å². The quantitative estimate of drug-likeness (QED) is 0.871. The molecule has 1 aromatic carbocycles. The SMILES string of the molecule is COc1ccccc1CC1(C)NCC(C)CO1. The van der Waals surface area contributed by atoms with Crippen molar-refractivity contribution in [1.29, 1.82) is 0 Å². The summed E-state index contributed by atoms with van der Waals surface area (Å²) < 4.78 is 11.3. The summed E-state index contributed by atoms with van der Waals surface area (Å²) in [5, 5.41) is 3.47. The second kappa shape index (κ2) is 5.07. The number of methoxy groups -OCH3 is 1. The summed E-state index contributed by atoms with van der Waals surface area (Å²) in [5.74, 6) is 1.51. The summed E-state index contributed by atoms with van der Waals surface area (Å²) in [6, 6.07) is 8.10. The van der Waals surface area contributed by atoms with Gasteiger partial charge >= 0.3 is 0 Å². The van der Waals surface area contributed by atoms with E-state index in [1.807, 2.05) is 18.2 Å². The van der Waals surface area contributed by atoms with Gasteiger partial charge in [0.1, 0.15) is 11.5 Å². The summed E-state index contributed by atoms with van der Waals surface area (Å²) in [5.41, 5.74) is 0.903. The van der Waals surface area contributed by atoms with Crippen LogP contribution in [-0.2, 0) is 11.2 Å². The molecular formula is C14H21NO2. The molecule has 1 fully saturated rings. The molecule has 94 valence electrons. The molecule has 2 unspecified atom stereocenters. The second-order valence-corrected chi connectivity index (χ2v) is 5.02. The third-order valence-electron chi connectivity index (χ3n) is 3.23. The monoisotopic (exact) mass is 235 g/mol. The minimum atomic E-state index is -0.277. The molecule has 17 heavy (non-hydrogen) atoms. The molecule has 0 aromatic heterocycles. The number of benzene rings is 1. The highest BCUT2D eigenvalue weighted by molar-refractivity contribution is 5.34. The Balaban J connectivity index is 2.09. The highest BCUT2D eigenvalue weighted by Gasteiger charge is 2.30. The highest BCUT2D eigenvalue weighted by atomic mass is 16.5. The van der Waals surface area contributed by atoms with E-state index in [-0.39, 0.29) is 5.72 Å². The molecule has 1 heterocycles. The van der Waals surface area contributed by atoms with Crippen LogP contribution < -0.4 is 10.1 Å². The molecule has 2 atom stereocenters. The molecule has 1 aromatic rings. The molecule has 3 heteroatoms. The van der Waals surface area contributed by atoms with E-state index in [0.717, 1.165) is 25.3 Å². The minimum Gasteiger partial charge on any atom is -0.496 e.